The van der Waals surface area contributed by atoms with Gasteiger partial charge in [0.2, 0.25) is 0 Å². The average molecular weight is 190 g/mol. The molecule has 0 unspecified atom stereocenters. The third kappa shape index (κ3) is 3.25. The standard InChI is InChI=1S/C13H18O/c1-4-12-5-7-13(8-6-12)9-11(2)10-14-3/h5-8,10H,4,9H2,1-3H3/b11-10+. The van der Waals surface area contributed by atoms with E-state index in [0.29, 0.717) is 0 Å². The molecule has 0 heterocycles. The van der Waals surface area contributed by atoms with Gasteiger partial charge in [-0.1, -0.05) is 31.2 Å². The lowest BCUT2D eigenvalue weighted by molar-refractivity contribution is 0.333. The van der Waals surface area contributed by atoms with Crippen molar-refractivity contribution >= 4 is 0 Å². The smallest absolute Gasteiger partial charge is 0.0817 e. The van der Waals surface area contributed by atoms with Crippen molar-refractivity contribution in [1.29, 1.82) is 0 Å². The lowest BCUT2D eigenvalue weighted by Crippen LogP contribution is -1.88. The molecule has 1 heteroatoms. The molecule has 1 nitrogen and oxygen atoms in total. The number of benzene rings is 1. The van der Waals surface area contributed by atoms with Gasteiger partial charge in [-0.25, -0.2) is 0 Å². The van der Waals surface area contributed by atoms with Crippen molar-refractivity contribution in [2.75, 3.05) is 7.11 Å². The minimum absolute atomic E-state index is 0.970. The molecule has 0 atom stereocenters. The zero-order valence-corrected chi connectivity index (χ0v) is 9.21. The van der Waals surface area contributed by atoms with E-state index in [1.54, 1.807) is 13.4 Å². The molecule has 76 valence electrons. The summed E-state index contributed by atoms with van der Waals surface area (Å²) in [4.78, 5) is 0. The summed E-state index contributed by atoms with van der Waals surface area (Å²) in [6, 6.07) is 8.75. The summed E-state index contributed by atoms with van der Waals surface area (Å²) in [6.45, 7) is 4.25. The van der Waals surface area contributed by atoms with Crippen LogP contribution in [-0.2, 0) is 17.6 Å². The molecule has 0 N–H and O–H groups in total. The summed E-state index contributed by atoms with van der Waals surface area (Å²) in [5.74, 6) is 0. The number of hydrogen-bond donors (Lipinski definition) is 0. The maximum atomic E-state index is 4.96. The highest BCUT2D eigenvalue weighted by Crippen LogP contribution is 2.09. The fourth-order valence-corrected chi connectivity index (χ4v) is 1.46. The van der Waals surface area contributed by atoms with Gasteiger partial charge in [-0.05, 0) is 36.5 Å². The Kier molecular flexibility index (Phi) is 4.24. The molecule has 1 aromatic rings. The van der Waals surface area contributed by atoms with Crippen LogP contribution in [0.25, 0.3) is 0 Å². The number of allylic oxidation sites excluding steroid dienone is 1. The first-order chi connectivity index (χ1) is 6.76. The molecule has 0 bridgehead atoms. The minimum atomic E-state index is 0.970. The van der Waals surface area contributed by atoms with E-state index >= 15 is 0 Å². The van der Waals surface area contributed by atoms with Gasteiger partial charge in [-0.2, -0.15) is 0 Å². The second-order valence-corrected chi connectivity index (χ2v) is 3.55. The molecule has 0 radical (unpaired) electrons. The summed E-state index contributed by atoms with van der Waals surface area (Å²) in [5.41, 5.74) is 3.98. The molecule has 0 saturated carbocycles. The summed E-state index contributed by atoms with van der Waals surface area (Å²) in [5, 5.41) is 0. The zero-order valence-electron chi connectivity index (χ0n) is 9.21. The van der Waals surface area contributed by atoms with Crippen molar-refractivity contribution in [3.05, 3.63) is 47.2 Å². The van der Waals surface area contributed by atoms with Gasteiger partial charge < -0.3 is 4.74 Å². The van der Waals surface area contributed by atoms with Gasteiger partial charge in [0.1, 0.15) is 0 Å². The lowest BCUT2D eigenvalue weighted by Gasteiger charge is -2.03. The van der Waals surface area contributed by atoms with E-state index < -0.39 is 0 Å². The molecule has 14 heavy (non-hydrogen) atoms. The van der Waals surface area contributed by atoms with E-state index in [9.17, 15) is 0 Å². The van der Waals surface area contributed by atoms with Gasteiger partial charge >= 0.3 is 0 Å². The van der Waals surface area contributed by atoms with Crippen molar-refractivity contribution in [2.45, 2.75) is 26.7 Å². The molecule has 0 fully saturated rings. The van der Waals surface area contributed by atoms with Crippen molar-refractivity contribution in [3.8, 4) is 0 Å². The van der Waals surface area contributed by atoms with Crippen LogP contribution < -0.4 is 0 Å². The van der Waals surface area contributed by atoms with E-state index in [1.165, 1.54) is 16.7 Å². The number of rotatable bonds is 4. The van der Waals surface area contributed by atoms with Gasteiger partial charge in [0.05, 0.1) is 13.4 Å². The Balaban J connectivity index is 2.64. The highest BCUT2D eigenvalue weighted by atomic mass is 16.5. The highest BCUT2D eigenvalue weighted by Gasteiger charge is 1.95. The number of methoxy groups -OCH3 is 1. The van der Waals surface area contributed by atoms with Gasteiger partial charge in [-0.15, -0.1) is 0 Å². The monoisotopic (exact) mass is 190 g/mol. The Hall–Kier alpha value is -1.24. The Labute approximate surface area is 86.4 Å². The molecule has 0 saturated heterocycles. The van der Waals surface area contributed by atoms with E-state index in [1.807, 2.05) is 0 Å². The molecule has 1 aromatic carbocycles. The van der Waals surface area contributed by atoms with Gasteiger partial charge in [0.25, 0.3) is 0 Å². The minimum Gasteiger partial charge on any atom is -0.504 e. The summed E-state index contributed by atoms with van der Waals surface area (Å²) >= 11 is 0. The molecule has 1 rings (SSSR count). The highest BCUT2D eigenvalue weighted by molar-refractivity contribution is 5.25. The third-order valence-electron chi connectivity index (χ3n) is 2.23. The van der Waals surface area contributed by atoms with Crippen molar-refractivity contribution in [2.24, 2.45) is 0 Å². The van der Waals surface area contributed by atoms with Crippen LogP contribution in [0.1, 0.15) is 25.0 Å². The van der Waals surface area contributed by atoms with Crippen LogP contribution in [-0.4, -0.2) is 7.11 Å². The molecular weight excluding hydrogens is 172 g/mol. The van der Waals surface area contributed by atoms with Crippen LogP contribution in [0.15, 0.2) is 36.1 Å². The van der Waals surface area contributed by atoms with Crippen LogP contribution in [0.2, 0.25) is 0 Å². The van der Waals surface area contributed by atoms with Crippen molar-refractivity contribution in [1.82, 2.24) is 0 Å². The first kappa shape index (κ1) is 10.8. The number of ether oxygens (including phenoxy) is 1. The first-order valence-corrected chi connectivity index (χ1v) is 5.02. The predicted molar refractivity (Wildman–Crippen MR) is 60.3 cm³/mol. The average Bonchev–Trinajstić information content (AvgIpc) is 2.19. The van der Waals surface area contributed by atoms with Crippen molar-refractivity contribution in [3.63, 3.8) is 0 Å². The van der Waals surface area contributed by atoms with Gasteiger partial charge in [0.15, 0.2) is 0 Å². The Bertz CT molecular complexity index is 296. The van der Waals surface area contributed by atoms with Crippen LogP contribution in [0, 0.1) is 0 Å². The fraction of sp³-hybridized carbons (Fsp3) is 0.385. The van der Waals surface area contributed by atoms with Gasteiger partial charge in [0, 0.05) is 0 Å². The summed E-state index contributed by atoms with van der Waals surface area (Å²) < 4.78 is 4.96. The normalized spacial score (nSPS) is 11.5. The number of hydrogen-bond acceptors (Lipinski definition) is 1. The second-order valence-electron chi connectivity index (χ2n) is 3.55. The van der Waals surface area contributed by atoms with Crippen LogP contribution >= 0.6 is 0 Å². The van der Waals surface area contributed by atoms with E-state index in [2.05, 4.69) is 38.1 Å². The largest absolute Gasteiger partial charge is 0.504 e. The van der Waals surface area contributed by atoms with E-state index in [-0.39, 0.29) is 0 Å². The van der Waals surface area contributed by atoms with E-state index in [4.69, 9.17) is 4.74 Å². The third-order valence-corrected chi connectivity index (χ3v) is 2.23. The lowest BCUT2D eigenvalue weighted by atomic mass is 10.0. The molecule has 0 amide bonds. The Morgan fingerprint density at radius 1 is 1.21 bits per heavy atom. The SMILES string of the molecule is CCc1ccc(C/C(C)=C/OC)cc1. The maximum absolute atomic E-state index is 4.96. The maximum Gasteiger partial charge on any atom is 0.0817 e. The predicted octanol–water partition coefficient (Wildman–Crippen LogP) is 3.34. The van der Waals surface area contributed by atoms with Crippen LogP contribution in [0.3, 0.4) is 0 Å². The summed E-state index contributed by atoms with van der Waals surface area (Å²) in [7, 11) is 1.68. The molecule has 0 spiro atoms. The Morgan fingerprint density at radius 3 is 2.29 bits per heavy atom. The van der Waals surface area contributed by atoms with Gasteiger partial charge in [-0.3, -0.25) is 0 Å². The topological polar surface area (TPSA) is 9.23 Å². The van der Waals surface area contributed by atoms with Crippen LogP contribution in [0.4, 0.5) is 0 Å². The fourth-order valence-electron chi connectivity index (χ4n) is 1.46. The number of aryl methyl sites for hydroxylation is 1. The molecule has 0 aliphatic rings. The first-order valence-electron chi connectivity index (χ1n) is 5.02. The second kappa shape index (κ2) is 5.48. The van der Waals surface area contributed by atoms with Crippen molar-refractivity contribution < 1.29 is 4.74 Å². The summed E-state index contributed by atoms with van der Waals surface area (Å²) in [6.07, 6.45) is 3.87. The molecular formula is C13H18O. The Morgan fingerprint density at radius 2 is 1.79 bits per heavy atom. The molecule has 0 aliphatic heterocycles. The zero-order chi connectivity index (χ0) is 10.4. The molecule has 0 aliphatic carbocycles. The molecule has 0 aromatic heterocycles. The van der Waals surface area contributed by atoms with E-state index in [0.717, 1.165) is 12.8 Å². The quantitative estimate of drug-likeness (QED) is 0.662. The van der Waals surface area contributed by atoms with Crippen LogP contribution in [0.5, 0.6) is 0 Å².